The summed E-state index contributed by atoms with van der Waals surface area (Å²) in [6, 6.07) is 5.09. The van der Waals surface area contributed by atoms with Gasteiger partial charge in [-0.3, -0.25) is 9.48 Å². The van der Waals surface area contributed by atoms with E-state index in [-0.39, 0.29) is 58.3 Å². The number of benzene rings is 1. The lowest BCUT2D eigenvalue weighted by Crippen LogP contribution is -2.42. The highest BCUT2D eigenvalue weighted by atomic mass is 32.2. The van der Waals surface area contributed by atoms with Crippen LogP contribution in [0.5, 0.6) is 0 Å². The molecule has 1 fully saturated rings. The summed E-state index contributed by atoms with van der Waals surface area (Å²) in [4.78, 5) is 21.3. The van der Waals surface area contributed by atoms with Crippen molar-refractivity contribution in [2.24, 2.45) is 7.05 Å². The van der Waals surface area contributed by atoms with Crippen molar-refractivity contribution in [1.82, 2.24) is 29.0 Å². The van der Waals surface area contributed by atoms with Crippen LogP contribution in [0.25, 0.3) is 22.3 Å². The Morgan fingerprint density at radius 2 is 1.93 bits per heavy atom. The molecule has 0 saturated heterocycles. The van der Waals surface area contributed by atoms with E-state index in [0.717, 1.165) is 35.2 Å². The van der Waals surface area contributed by atoms with E-state index in [0.29, 0.717) is 18.5 Å². The lowest BCUT2D eigenvalue weighted by Gasteiger charge is -2.30. The molecule has 3 heterocycles. The van der Waals surface area contributed by atoms with Gasteiger partial charge in [0, 0.05) is 42.3 Å². The number of rotatable bonds is 7. The van der Waals surface area contributed by atoms with Crippen molar-refractivity contribution in [2.75, 3.05) is 11.1 Å². The number of allylic oxidation sites excluding steroid dienone is 3. The number of amides is 1. The number of hydrogen-bond donors (Lipinski definition) is 3. The van der Waals surface area contributed by atoms with Gasteiger partial charge >= 0.3 is 0 Å². The van der Waals surface area contributed by atoms with Crippen LogP contribution >= 0.6 is 0 Å². The topological polar surface area (TPSA) is 150 Å². The van der Waals surface area contributed by atoms with Crippen LogP contribution in [0.4, 0.5) is 24.8 Å². The standard InChI is InChI=1S/C30H31F3N8O3S/c1-30(11-5-6-17(31)14-30)45(43,44)41-16-21(20-9-4-10-22(32)26(20)41)27-35-15-23(33)28(38-27)36-18-7-3-8-19(12-18)37-29(42)24-13-25(34)39-40(24)2/h4-6,9-10,13-16,18-19H,3,7-8,11-12H2,1-2H3,(H2,34,39)(H,37,42)(H,35,36,38)/t18-,19+,30?/m0/s1. The van der Waals surface area contributed by atoms with Gasteiger partial charge in [-0.15, -0.1) is 0 Å². The molecule has 0 aliphatic heterocycles. The summed E-state index contributed by atoms with van der Waals surface area (Å²) in [6.45, 7) is 1.36. The summed E-state index contributed by atoms with van der Waals surface area (Å²) in [5, 5.41) is 10.3. The third kappa shape index (κ3) is 5.56. The molecule has 236 valence electrons. The Balaban J connectivity index is 1.29. The second-order valence-corrected chi connectivity index (χ2v) is 13.9. The Kier molecular flexibility index (Phi) is 7.67. The van der Waals surface area contributed by atoms with E-state index >= 15 is 8.78 Å². The molecule has 2 aliphatic carbocycles. The van der Waals surface area contributed by atoms with E-state index in [9.17, 15) is 17.6 Å². The number of nitrogens with one attached hydrogen (secondary N) is 2. The van der Waals surface area contributed by atoms with Gasteiger partial charge in [0.05, 0.1) is 6.20 Å². The Labute approximate surface area is 257 Å². The number of anilines is 2. The first-order chi connectivity index (χ1) is 21.4. The Hall–Kier alpha value is -4.66. The second kappa shape index (κ2) is 11.4. The number of fused-ring (bicyclic) bond motifs is 1. The minimum Gasteiger partial charge on any atom is -0.382 e. The molecule has 1 aromatic carbocycles. The van der Waals surface area contributed by atoms with Gasteiger partial charge in [-0.25, -0.2) is 35.5 Å². The minimum absolute atomic E-state index is 0.0215. The number of nitrogens with two attached hydrogens (primary N) is 1. The number of aryl methyl sites for hydroxylation is 1. The zero-order valence-electron chi connectivity index (χ0n) is 24.5. The summed E-state index contributed by atoms with van der Waals surface area (Å²) in [6.07, 6.45) is 8.36. The second-order valence-electron chi connectivity index (χ2n) is 11.6. The molecule has 0 radical (unpaired) electrons. The number of halogens is 3. The molecule has 6 rings (SSSR count). The van der Waals surface area contributed by atoms with Gasteiger partial charge in [0.2, 0.25) is 10.0 Å². The highest BCUT2D eigenvalue weighted by Gasteiger charge is 2.41. The predicted molar refractivity (Wildman–Crippen MR) is 163 cm³/mol. The molecule has 0 spiro atoms. The predicted octanol–water partition coefficient (Wildman–Crippen LogP) is 4.60. The van der Waals surface area contributed by atoms with E-state index in [1.54, 1.807) is 7.05 Å². The van der Waals surface area contributed by atoms with Gasteiger partial charge in [0.25, 0.3) is 5.91 Å². The molecule has 4 aromatic rings. The van der Waals surface area contributed by atoms with Crippen molar-refractivity contribution in [3.63, 3.8) is 0 Å². The van der Waals surface area contributed by atoms with Crippen LogP contribution in [0.1, 0.15) is 49.5 Å². The first-order valence-electron chi connectivity index (χ1n) is 14.4. The SMILES string of the molecule is Cn1nc(N)cc1C(=O)N[C@@H]1CCC[C@H](Nc2nc(-c3cn(S(=O)(=O)C4(C)C=C(F)C=CC4)c4c(F)cccc34)ncc2F)C1. The molecule has 3 atom stereocenters. The maximum Gasteiger partial charge on any atom is 0.269 e. The van der Waals surface area contributed by atoms with E-state index in [2.05, 4.69) is 25.7 Å². The van der Waals surface area contributed by atoms with Crippen LogP contribution in [-0.2, 0) is 17.1 Å². The van der Waals surface area contributed by atoms with Crippen molar-refractivity contribution in [1.29, 1.82) is 0 Å². The summed E-state index contributed by atoms with van der Waals surface area (Å²) < 4.78 is 72.7. The van der Waals surface area contributed by atoms with Crippen LogP contribution in [0, 0.1) is 11.6 Å². The lowest BCUT2D eigenvalue weighted by atomic mass is 9.91. The van der Waals surface area contributed by atoms with Gasteiger partial charge in [-0.2, -0.15) is 5.10 Å². The molecule has 0 bridgehead atoms. The van der Waals surface area contributed by atoms with Gasteiger partial charge in [-0.1, -0.05) is 18.2 Å². The molecular weight excluding hydrogens is 609 g/mol. The Morgan fingerprint density at radius 3 is 2.67 bits per heavy atom. The lowest BCUT2D eigenvalue weighted by molar-refractivity contribution is 0.0916. The molecule has 45 heavy (non-hydrogen) atoms. The molecule has 1 amide bonds. The maximum absolute atomic E-state index is 15.2. The van der Waals surface area contributed by atoms with Crippen molar-refractivity contribution < 1.29 is 26.4 Å². The molecule has 4 N–H and O–H groups in total. The monoisotopic (exact) mass is 640 g/mol. The first kappa shape index (κ1) is 30.4. The van der Waals surface area contributed by atoms with E-state index in [1.165, 1.54) is 48.2 Å². The third-order valence-electron chi connectivity index (χ3n) is 8.30. The zero-order chi connectivity index (χ0) is 32.1. The quantitative estimate of drug-likeness (QED) is 0.266. The van der Waals surface area contributed by atoms with Crippen LogP contribution in [0.15, 0.2) is 60.7 Å². The van der Waals surface area contributed by atoms with Crippen LogP contribution < -0.4 is 16.4 Å². The number of aromatic nitrogens is 5. The average Bonchev–Trinajstić information content (AvgIpc) is 3.55. The maximum atomic E-state index is 15.2. The van der Waals surface area contributed by atoms with Crippen molar-refractivity contribution in [3.8, 4) is 11.4 Å². The van der Waals surface area contributed by atoms with Gasteiger partial charge in [0.1, 0.15) is 33.4 Å². The fraction of sp³-hybridized carbons (Fsp3) is 0.333. The number of para-hydroxylation sites is 1. The first-order valence-corrected chi connectivity index (χ1v) is 15.8. The van der Waals surface area contributed by atoms with E-state index in [1.807, 2.05) is 0 Å². The number of carbonyl (C=O) groups is 1. The van der Waals surface area contributed by atoms with E-state index in [4.69, 9.17) is 5.73 Å². The molecule has 15 heteroatoms. The van der Waals surface area contributed by atoms with Crippen molar-refractivity contribution >= 4 is 38.5 Å². The van der Waals surface area contributed by atoms with Crippen LogP contribution in [0.2, 0.25) is 0 Å². The normalized spacial score (nSPS) is 21.9. The highest BCUT2D eigenvalue weighted by Crippen LogP contribution is 2.38. The number of carbonyl (C=O) groups excluding carboxylic acids is 1. The average molecular weight is 641 g/mol. The van der Waals surface area contributed by atoms with Crippen LogP contribution in [0.3, 0.4) is 0 Å². The fourth-order valence-electron chi connectivity index (χ4n) is 5.99. The third-order valence-corrected chi connectivity index (χ3v) is 10.6. The summed E-state index contributed by atoms with van der Waals surface area (Å²) >= 11 is 0. The molecular formula is C30H31F3N8O3S. The van der Waals surface area contributed by atoms with Crippen molar-refractivity contribution in [3.05, 3.63) is 78.0 Å². The molecule has 3 aromatic heterocycles. The number of nitrogen functional groups attached to an aromatic ring is 1. The zero-order valence-corrected chi connectivity index (χ0v) is 25.3. The summed E-state index contributed by atoms with van der Waals surface area (Å²) in [5.41, 5.74) is 5.92. The van der Waals surface area contributed by atoms with Crippen LogP contribution in [-0.4, -0.2) is 54.9 Å². The minimum atomic E-state index is -4.39. The Bertz CT molecular complexity index is 1990. The molecule has 1 unspecified atom stereocenters. The van der Waals surface area contributed by atoms with Crippen molar-refractivity contribution in [2.45, 2.75) is 55.9 Å². The Morgan fingerprint density at radius 1 is 1.16 bits per heavy atom. The summed E-state index contributed by atoms with van der Waals surface area (Å²) in [7, 11) is -2.77. The number of hydrogen-bond acceptors (Lipinski definition) is 8. The highest BCUT2D eigenvalue weighted by molar-refractivity contribution is 7.91. The van der Waals surface area contributed by atoms with E-state index < -0.39 is 32.2 Å². The van der Waals surface area contributed by atoms with Gasteiger partial charge < -0.3 is 16.4 Å². The van der Waals surface area contributed by atoms with Gasteiger partial charge in [-0.05, 0) is 57.2 Å². The molecule has 2 aliphatic rings. The molecule has 1 saturated carbocycles. The smallest absolute Gasteiger partial charge is 0.269 e. The molecule has 11 nitrogen and oxygen atoms in total. The fourth-order valence-corrected chi connectivity index (χ4v) is 7.68. The largest absolute Gasteiger partial charge is 0.382 e. The number of nitrogens with zero attached hydrogens (tertiary/aromatic N) is 5. The van der Waals surface area contributed by atoms with Gasteiger partial charge in [0.15, 0.2) is 17.5 Å². The summed E-state index contributed by atoms with van der Waals surface area (Å²) in [5.74, 6) is -2.51.